The fourth-order valence-electron chi connectivity index (χ4n) is 3.43. The highest BCUT2D eigenvalue weighted by molar-refractivity contribution is 5.31. The molecule has 1 aromatic carbocycles. The Morgan fingerprint density at radius 2 is 1.96 bits per heavy atom. The van der Waals surface area contributed by atoms with Gasteiger partial charge in [-0.05, 0) is 38.9 Å². The van der Waals surface area contributed by atoms with E-state index >= 15 is 0 Å². The molecule has 0 radical (unpaired) electrons. The number of benzene rings is 1. The van der Waals surface area contributed by atoms with Gasteiger partial charge in [-0.25, -0.2) is 4.39 Å². The van der Waals surface area contributed by atoms with E-state index in [4.69, 9.17) is 9.47 Å². The van der Waals surface area contributed by atoms with Crippen LogP contribution in [0.1, 0.15) is 38.3 Å². The number of ether oxygens (including phenoxy) is 2. The number of likely N-dealkylation sites (N-methyl/N-ethyl adjacent to an activating group) is 1. The van der Waals surface area contributed by atoms with Crippen molar-refractivity contribution >= 4 is 0 Å². The molecule has 0 saturated carbocycles. The highest BCUT2D eigenvalue weighted by atomic mass is 19.1. The first-order valence-corrected chi connectivity index (χ1v) is 8.71. The van der Waals surface area contributed by atoms with Gasteiger partial charge in [0.25, 0.3) is 0 Å². The van der Waals surface area contributed by atoms with Crippen LogP contribution in [0.15, 0.2) is 18.2 Å². The molecule has 0 aliphatic carbocycles. The largest absolute Gasteiger partial charge is 0.497 e. The van der Waals surface area contributed by atoms with Crippen LogP contribution in [0.3, 0.4) is 0 Å². The molecule has 1 fully saturated rings. The van der Waals surface area contributed by atoms with Crippen molar-refractivity contribution in [3.05, 3.63) is 29.6 Å². The molecular formula is C19H31FN2O2. The predicted octanol–water partition coefficient (Wildman–Crippen LogP) is 3.23. The molecule has 1 aliphatic rings. The van der Waals surface area contributed by atoms with Gasteiger partial charge in [0.05, 0.1) is 7.11 Å². The maximum Gasteiger partial charge on any atom is 0.131 e. The second-order valence-electron chi connectivity index (χ2n) is 7.22. The number of methoxy groups -OCH3 is 1. The van der Waals surface area contributed by atoms with Crippen LogP contribution in [0.2, 0.25) is 0 Å². The van der Waals surface area contributed by atoms with Crippen molar-refractivity contribution in [1.82, 2.24) is 10.2 Å². The first-order chi connectivity index (χ1) is 11.4. The molecule has 0 aromatic heterocycles. The van der Waals surface area contributed by atoms with Crippen molar-refractivity contribution in [3.63, 3.8) is 0 Å². The van der Waals surface area contributed by atoms with Gasteiger partial charge >= 0.3 is 0 Å². The third-order valence-corrected chi connectivity index (χ3v) is 5.23. The predicted molar refractivity (Wildman–Crippen MR) is 95.0 cm³/mol. The fourth-order valence-corrected chi connectivity index (χ4v) is 3.43. The summed E-state index contributed by atoms with van der Waals surface area (Å²) < 4.78 is 25.2. The van der Waals surface area contributed by atoms with Crippen LogP contribution in [0, 0.1) is 11.7 Å². The van der Waals surface area contributed by atoms with Crippen molar-refractivity contribution in [2.45, 2.75) is 38.3 Å². The molecule has 0 amide bonds. The number of hydrogen-bond donors (Lipinski definition) is 1. The Bertz CT molecular complexity index is 528. The third kappa shape index (κ3) is 4.26. The molecule has 1 heterocycles. The van der Waals surface area contributed by atoms with Crippen molar-refractivity contribution in [1.29, 1.82) is 0 Å². The second kappa shape index (κ2) is 8.28. The Morgan fingerprint density at radius 1 is 1.29 bits per heavy atom. The van der Waals surface area contributed by atoms with Crippen molar-refractivity contribution in [2.24, 2.45) is 5.92 Å². The molecule has 4 nitrogen and oxygen atoms in total. The Hall–Kier alpha value is -1.17. The van der Waals surface area contributed by atoms with Crippen molar-refractivity contribution in [3.8, 4) is 5.75 Å². The highest BCUT2D eigenvalue weighted by Crippen LogP contribution is 2.30. The average molecular weight is 338 g/mol. The zero-order valence-corrected chi connectivity index (χ0v) is 15.6. The Kier molecular flexibility index (Phi) is 6.61. The van der Waals surface area contributed by atoms with Crippen LogP contribution < -0.4 is 10.1 Å². The molecule has 24 heavy (non-hydrogen) atoms. The minimum Gasteiger partial charge on any atom is -0.497 e. The third-order valence-electron chi connectivity index (χ3n) is 5.23. The number of rotatable bonds is 7. The van der Waals surface area contributed by atoms with Gasteiger partial charge < -0.3 is 19.7 Å². The monoisotopic (exact) mass is 338 g/mol. The standard InChI is InChI=1S/C19H31FN2O2/c1-14(2)18(16-7-6-15(23-5)12-17(16)20)21-13-19(22(3)4)8-10-24-11-9-19/h6-7,12,14,18,21H,8-11,13H2,1-5H3. The van der Waals surface area contributed by atoms with Gasteiger partial charge in [0.15, 0.2) is 0 Å². The van der Waals surface area contributed by atoms with Crippen LogP contribution >= 0.6 is 0 Å². The number of halogens is 1. The highest BCUT2D eigenvalue weighted by Gasteiger charge is 2.35. The zero-order valence-electron chi connectivity index (χ0n) is 15.6. The lowest BCUT2D eigenvalue weighted by Crippen LogP contribution is -2.55. The topological polar surface area (TPSA) is 33.7 Å². The molecule has 1 aliphatic heterocycles. The Balaban J connectivity index is 2.16. The van der Waals surface area contributed by atoms with Gasteiger partial charge in [0, 0.05) is 43.0 Å². The van der Waals surface area contributed by atoms with E-state index in [-0.39, 0.29) is 23.3 Å². The molecule has 0 bridgehead atoms. The van der Waals surface area contributed by atoms with Crippen LogP contribution in [0.25, 0.3) is 0 Å². The summed E-state index contributed by atoms with van der Waals surface area (Å²) in [4.78, 5) is 2.28. The summed E-state index contributed by atoms with van der Waals surface area (Å²) in [6, 6.07) is 5.09. The molecule has 1 atom stereocenters. The van der Waals surface area contributed by atoms with E-state index in [1.54, 1.807) is 7.11 Å². The van der Waals surface area contributed by atoms with E-state index in [0.717, 1.165) is 32.6 Å². The molecule has 136 valence electrons. The minimum atomic E-state index is -0.216. The van der Waals surface area contributed by atoms with E-state index < -0.39 is 0 Å². The Labute approximate surface area is 145 Å². The van der Waals surface area contributed by atoms with Crippen LogP contribution in [-0.4, -0.2) is 51.4 Å². The molecule has 1 N–H and O–H groups in total. The summed E-state index contributed by atoms with van der Waals surface area (Å²) in [5.74, 6) is 0.617. The molecular weight excluding hydrogens is 307 g/mol. The lowest BCUT2D eigenvalue weighted by Gasteiger charge is -2.44. The maximum atomic E-state index is 14.5. The molecule has 2 rings (SSSR count). The summed E-state index contributed by atoms with van der Waals surface area (Å²) in [5, 5.41) is 3.63. The molecule has 1 saturated heterocycles. The zero-order chi connectivity index (χ0) is 17.7. The van der Waals surface area contributed by atoms with Crippen LogP contribution in [0.5, 0.6) is 5.75 Å². The van der Waals surface area contributed by atoms with Gasteiger partial charge in [-0.3, -0.25) is 0 Å². The van der Waals surface area contributed by atoms with E-state index in [1.165, 1.54) is 6.07 Å². The number of hydrogen-bond acceptors (Lipinski definition) is 4. The van der Waals surface area contributed by atoms with Gasteiger partial charge in [0.2, 0.25) is 0 Å². The summed E-state index contributed by atoms with van der Waals surface area (Å²) in [7, 11) is 5.79. The molecule has 1 unspecified atom stereocenters. The summed E-state index contributed by atoms with van der Waals surface area (Å²) >= 11 is 0. The molecule has 5 heteroatoms. The van der Waals surface area contributed by atoms with Crippen LogP contribution in [-0.2, 0) is 4.74 Å². The fraction of sp³-hybridized carbons (Fsp3) is 0.684. The molecule has 1 aromatic rings. The van der Waals surface area contributed by atoms with Gasteiger partial charge in [-0.15, -0.1) is 0 Å². The summed E-state index contributed by atoms with van der Waals surface area (Å²) in [6.07, 6.45) is 1.98. The number of nitrogens with zero attached hydrogens (tertiary/aromatic N) is 1. The lowest BCUT2D eigenvalue weighted by atomic mass is 9.87. The first-order valence-electron chi connectivity index (χ1n) is 8.71. The summed E-state index contributed by atoms with van der Waals surface area (Å²) in [6.45, 7) is 6.62. The normalized spacial score (nSPS) is 18.8. The SMILES string of the molecule is COc1ccc(C(NCC2(N(C)C)CCOCC2)C(C)C)c(F)c1. The lowest BCUT2D eigenvalue weighted by molar-refractivity contribution is -0.00901. The first kappa shape index (κ1) is 19.2. The van der Waals surface area contributed by atoms with E-state index in [9.17, 15) is 4.39 Å². The van der Waals surface area contributed by atoms with Gasteiger partial charge in [-0.2, -0.15) is 0 Å². The molecule has 0 spiro atoms. The van der Waals surface area contributed by atoms with Crippen LogP contribution in [0.4, 0.5) is 4.39 Å². The average Bonchev–Trinajstić information content (AvgIpc) is 2.56. The smallest absolute Gasteiger partial charge is 0.131 e. The van der Waals surface area contributed by atoms with E-state index in [0.29, 0.717) is 11.3 Å². The van der Waals surface area contributed by atoms with Gasteiger partial charge in [-0.1, -0.05) is 19.9 Å². The van der Waals surface area contributed by atoms with Crippen molar-refractivity contribution in [2.75, 3.05) is 41.0 Å². The maximum absolute atomic E-state index is 14.5. The minimum absolute atomic E-state index is 0.0319. The van der Waals surface area contributed by atoms with Gasteiger partial charge in [0.1, 0.15) is 11.6 Å². The van der Waals surface area contributed by atoms with Crippen molar-refractivity contribution < 1.29 is 13.9 Å². The second-order valence-corrected chi connectivity index (χ2v) is 7.22. The van der Waals surface area contributed by atoms with E-state index in [1.807, 2.05) is 12.1 Å². The summed E-state index contributed by atoms with van der Waals surface area (Å²) in [5.41, 5.74) is 0.765. The quantitative estimate of drug-likeness (QED) is 0.828. The number of nitrogens with one attached hydrogen (secondary N) is 1. The van der Waals surface area contributed by atoms with E-state index in [2.05, 4.69) is 38.2 Å². The Morgan fingerprint density at radius 3 is 2.46 bits per heavy atom.